The van der Waals surface area contributed by atoms with Crippen LogP contribution in [-0.4, -0.2) is 27.6 Å². The number of carbonyl (C=O) groups is 1. The molecule has 0 bridgehead atoms. The Balaban J connectivity index is 3.14. The number of rotatable bonds is 5. The molecule has 1 rings (SSSR count). The van der Waals surface area contributed by atoms with Gasteiger partial charge in [-0.25, -0.2) is 8.42 Å². The van der Waals surface area contributed by atoms with Gasteiger partial charge in [0.05, 0.1) is 18.6 Å². The Bertz CT molecular complexity index is 482. The normalized spacial score (nSPS) is 10.9. The lowest BCUT2D eigenvalue weighted by molar-refractivity contribution is 0.112. The van der Waals surface area contributed by atoms with Crippen LogP contribution >= 0.6 is 0 Å². The summed E-state index contributed by atoms with van der Waals surface area (Å²) in [5.41, 5.74) is 0.656. The molecule has 0 aliphatic rings. The van der Waals surface area contributed by atoms with Crippen molar-refractivity contribution in [2.45, 2.75) is 6.92 Å². The molecule has 0 atom stereocenters. The van der Waals surface area contributed by atoms with E-state index in [9.17, 15) is 13.2 Å². The van der Waals surface area contributed by atoms with Crippen LogP contribution < -0.4 is 9.46 Å². The van der Waals surface area contributed by atoms with Gasteiger partial charge in [0.25, 0.3) is 0 Å². The van der Waals surface area contributed by atoms with Crippen molar-refractivity contribution in [3.63, 3.8) is 0 Å². The molecule has 0 aliphatic heterocycles. The lowest BCUT2D eigenvalue weighted by atomic mass is 10.2. The summed E-state index contributed by atoms with van der Waals surface area (Å²) in [5, 5.41) is 0. The molecule has 16 heavy (non-hydrogen) atoms. The third-order valence-electron chi connectivity index (χ3n) is 1.73. The van der Waals surface area contributed by atoms with Crippen LogP contribution in [0.4, 0.5) is 5.69 Å². The van der Waals surface area contributed by atoms with E-state index in [0.717, 1.165) is 6.26 Å². The average Bonchev–Trinajstić information content (AvgIpc) is 2.18. The third-order valence-corrected chi connectivity index (χ3v) is 2.33. The molecular weight excluding hydrogens is 230 g/mol. The van der Waals surface area contributed by atoms with Crippen LogP contribution in [0.25, 0.3) is 0 Å². The number of sulfonamides is 1. The van der Waals surface area contributed by atoms with Gasteiger partial charge in [-0.1, -0.05) is 0 Å². The Labute approximate surface area is 94.5 Å². The fraction of sp³-hybridized carbons (Fsp3) is 0.300. The standard InChI is InChI=1S/C10H13NO4S/c1-3-15-10-5-4-8(7-12)6-9(10)11-16(2,13)14/h4-7,11H,3H2,1-2H3. The average molecular weight is 243 g/mol. The number of hydrogen-bond donors (Lipinski definition) is 1. The molecule has 0 radical (unpaired) electrons. The number of nitrogens with one attached hydrogen (secondary N) is 1. The van der Waals surface area contributed by atoms with Crippen LogP contribution in [0.2, 0.25) is 0 Å². The highest BCUT2D eigenvalue weighted by atomic mass is 32.2. The van der Waals surface area contributed by atoms with Crippen molar-refractivity contribution >= 4 is 22.0 Å². The topological polar surface area (TPSA) is 72.5 Å². The molecule has 0 spiro atoms. The maximum absolute atomic E-state index is 11.1. The van der Waals surface area contributed by atoms with Gasteiger partial charge in [0.1, 0.15) is 12.0 Å². The second kappa shape index (κ2) is 4.98. The summed E-state index contributed by atoms with van der Waals surface area (Å²) in [7, 11) is -3.39. The predicted octanol–water partition coefficient (Wildman–Crippen LogP) is 1.27. The molecule has 0 amide bonds. The number of aldehydes is 1. The van der Waals surface area contributed by atoms with Crippen molar-refractivity contribution in [1.29, 1.82) is 0 Å². The fourth-order valence-corrected chi connectivity index (χ4v) is 1.74. The molecule has 1 aromatic rings. The van der Waals surface area contributed by atoms with Gasteiger partial charge in [0.2, 0.25) is 10.0 Å². The molecule has 0 aromatic heterocycles. The quantitative estimate of drug-likeness (QED) is 0.790. The van der Waals surface area contributed by atoms with E-state index in [1.165, 1.54) is 6.07 Å². The zero-order valence-electron chi connectivity index (χ0n) is 9.06. The number of hydrogen-bond acceptors (Lipinski definition) is 4. The van der Waals surface area contributed by atoms with E-state index in [-0.39, 0.29) is 5.69 Å². The number of anilines is 1. The lowest BCUT2D eigenvalue weighted by Crippen LogP contribution is -2.11. The van der Waals surface area contributed by atoms with Crippen LogP contribution in [0.15, 0.2) is 18.2 Å². The van der Waals surface area contributed by atoms with E-state index >= 15 is 0 Å². The van der Waals surface area contributed by atoms with Crippen molar-refractivity contribution in [2.24, 2.45) is 0 Å². The monoisotopic (exact) mass is 243 g/mol. The molecule has 0 saturated carbocycles. The number of benzene rings is 1. The highest BCUT2D eigenvalue weighted by Gasteiger charge is 2.09. The summed E-state index contributed by atoms with van der Waals surface area (Å²) in [6, 6.07) is 4.55. The minimum Gasteiger partial charge on any atom is -0.492 e. The van der Waals surface area contributed by atoms with Gasteiger partial charge >= 0.3 is 0 Å². The third kappa shape index (κ3) is 3.54. The summed E-state index contributed by atoms with van der Waals surface area (Å²) >= 11 is 0. The van der Waals surface area contributed by atoms with Crippen LogP contribution in [0.1, 0.15) is 17.3 Å². The second-order valence-corrected chi connectivity index (χ2v) is 4.93. The maximum Gasteiger partial charge on any atom is 0.229 e. The summed E-state index contributed by atoms with van der Waals surface area (Å²) in [4.78, 5) is 10.6. The minimum atomic E-state index is -3.39. The van der Waals surface area contributed by atoms with Crippen molar-refractivity contribution in [2.75, 3.05) is 17.6 Å². The maximum atomic E-state index is 11.1. The molecule has 88 valence electrons. The highest BCUT2D eigenvalue weighted by Crippen LogP contribution is 2.26. The number of ether oxygens (including phenoxy) is 1. The molecule has 5 nitrogen and oxygen atoms in total. The molecule has 1 aromatic carbocycles. The smallest absolute Gasteiger partial charge is 0.229 e. The lowest BCUT2D eigenvalue weighted by Gasteiger charge is -2.11. The van der Waals surface area contributed by atoms with Crippen molar-refractivity contribution in [3.8, 4) is 5.75 Å². The van der Waals surface area contributed by atoms with Gasteiger partial charge < -0.3 is 4.74 Å². The molecule has 0 heterocycles. The molecule has 6 heteroatoms. The highest BCUT2D eigenvalue weighted by molar-refractivity contribution is 7.92. The van der Waals surface area contributed by atoms with E-state index in [1.807, 2.05) is 0 Å². The molecule has 0 saturated heterocycles. The summed E-state index contributed by atoms with van der Waals surface area (Å²) in [6.07, 6.45) is 1.68. The van der Waals surface area contributed by atoms with E-state index < -0.39 is 10.0 Å². The van der Waals surface area contributed by atoms with Crippen LogP contribution in [0.3, 0.4) is 0 Å². The van der Waals surface area contributed by atoms with Gasteiger partial charge in [-0.2, -0.15) is 0 Å². The van der Waals surface area contributed by atoms with E-state index in [1.54, 1.807) is 19.1 Å². The van der Waals surface area contributed by atoms with Crippen LogP contribution in [0.5, 0.6) is 5.75 Å². The summed E-state index contributed by atoms with van der Waals surface area (Å²) in [6.45, 7) is 2.21. The van der Waals surface area contributed by atoms with Gasteiger partial charge in [-0.05, 0) is 25.1 Å². The first kappa shape index (κ1) is 12.5. The first-order chi connectivity index (χ1) is 7.46. The zero-order chi connectivity index (χ0) is 12.2. The van der Waals surface area contributed by atoms with E-state index in [2.05, 4.69) is 4.72 Å². The van der Waals surface area contributed by atoms with Crippen LogP contribution in [-0.2, 0) is 10.0 Å². The molecule has 0 aliphatic carbocycles. The molecular formula is C10H13NO4S. The fourth-order valence-electron chi connectivity index (χ4n) is 1.18. The summed E-state index contributed by atoms with van der Waals surface area (Å²) < 4.78 is 29.7. The largest absolute Gasteiger partial charge is 0.492 e. The van der Waals surface area contributed by atoms with Crippen molar-refractivity contribution in [3.05, 3.63) is 23.8 Å². The van der Waals surface area contributed by atoms with Crippen LogP contribution in [0, 0.1) is 0 Å². The Morgan fingerprint density at radius 1 is 1.44 bits per heavy atom. The first-order valence-corrected chi connectivity index (χ1v) is 6.55. The van der Waals surface area contributed by atoms with Gasteiger partial charge in [-0.3, -0.25) is 9.52 Å². The Hall–Kier alpha value is -1.56. The van der Waals surface area contributed by atoms with Gasteiger partial charge in [0, 0.05) is 5.56 Å². The molecule has 0 fully saturated rings. The number of carbonyl (C=O) groups excluding carboxylic acids is 1. The minimum absolute atomic E-state index is 0.272. The summed E-state index contributed by atoms with van der Waals surface area (Å²) in [5.74, 6) is 0.401. The van der Waals surface area contributed by atoms with Gasteiger partial charge in [0.15, 0.2) is 0 Å². The first-order valence-electron chi connectivity index (χ1n) is 4.66. The van der Waals surface area contributed by atoms with Crippen molar-refractivity contribution < 1.29 is 17.9 Å². The zero-order valence-corrected chi connectivity index (χ0v) is 9.87. The Morgan fingerprint density at radius 2 is 2.12 bits per heavy atom. The second-order valence-electron chi connectivity index (χ2n) is 3.18. The van der Waals surface area contributed by atoms with Crippen molar-refractivity contribution in [1.82, 2.24) is 0 Å². The van der Waals surface area contributed by atoms with Gasteiger partial charge in [-0.15, -0.1) is 0 Å². The Kier molecular flexibility index (Phi) is 3.89. The Morgan fingerprint density at radius 3 is 2.62 bits per heavy atom. The van der Waals surface area contributed by atoms with E-state index in [4.69, 9.17) is 4.74 Å². The van der Waals surface area contributed by atoms with E-state index in [0.29, 0.717) is 24.2 Å². The molecule has 1 N–H and O–H groups in total. The SMILES string of the molecule is CCOc1ccc(C=O)cc1NS(C)(=O)=O. The predicted molar refractivity (Wildman–Crippen MR) is 61.5 cm³/mol. The molecule has 0 unspecified atom stereocenters.